The van der Waals surface area contributed by atoms with Gasteiger partial charge in [0.05, 0.1) is 6.61 Å². The highest BCUT2D eigenvalue weighted by Gasteiger charge is 2.20. The van der Waals surface area contributed by atoms with Crippen LogP contribution in [0.1, 0.15) is 31.9 Å². The summed E-state index contributed by atoms with van der Waals surface area (Å²) in [5.74, 6) is 0.0100. The van der Waals surface area contributed by atoms with E-state index in [4.69, 9.17) is 0 Å². The molecule has 2 aromatic carbocycles. The summed E-state index contributed by atoms with van der Waals surface area (Å²) < 4.78 is 0. The van der Waals surface area contributed by atoms with E-state index in [0.717, 1.165) is 16.6 Å². The fraction of sp³-hybridized carbons (Fsp3) is 0.294. The van der Waals surface area contributed by atoms with Crippen LogP contribution in [-0.2, 0) is 12.0 Å². The molecule has 0 aliphatic rings. The molecule has 1 aromatic heterocycles. The van der Waals surface area contributed by atoms with Crippen molar-refractivity contribution in [2.45, 2.75) is 32.8 Å². The van der Waals surface area contributed by atoms with Gasteiger partial charge in [0.1, 0.15) is 22.5 Å². The molecule has 3 rings (SSSR count). The molecule has 0 bridgehead atoms. The quantitative estimate of drug-likeness (QED) is 0.763. The van der Waals surface area contributed by atoms with Crippen molar-refractivity contribution < 1.29 is 10.2 Å². The Kier molecular flexibility index (Phi) is 3.37. The molecule has 0 spiro atoms. The number of benzene rings is 2. The van der Waals surface area contributed by atoms with Gasteiger partial charge in [0, 0.05) is 5.56 Å². The van der Waals surface area contributed by atoms with Crippen molar-refractivity contribution in [3.8, 4) is 11.4 Å². The molecule has 0 amide bonds. The number of aromatic hydroxyl groups is 1. The third-order valence-electron chi connectivity index (χ3n) is 3.71. The van der Waals surface area contributed by atoms with Crippen molar-refractivity contribution in [3.63, 3.8) is 0 Å². The van der Waals surface area contributed by atoms with Crippen molar-refractivity contribution in [1.82, 2.24) is 15.0 Å². The summed E-state index contributed by atoms with van der Waals surface area (Å²) in [6.45, 7) is 6.01. The largest absolute Gasteiger partial charge is 0.505 e. The molecule has 0 atom stereocenters. The van der Waals surface area contributed by atoms with Crippen LogP contribution in [0.25, 0.3) is 16.7 Å². The van der Waals surface area contributed by atoms with E-state index < -0.39 is 0 Å². The number of hydrogen-bond donors (Lipinski definition) is 2. The maximum absolute atomic E-state index is 10.4. The first-order valence-electron chi connectivity index (χ1n) is 7.20. The van der Waals surface area contributed by atoms with Crippen molar-refractivity contribution in [1.29, 1.82) is 0 Å². The number of aliphatic hydroxyl groups excluding tert-OH is 1. The highest BCUT2D eigenvalue weighted by Crippen LogP contribution is 2.33. The summed E-state index contributed by atoms with van der Waals surface area (Å²) in [5, 5.41) is 28.7. The second-order valence-electron chi connectivity index (χ2n) is 6.39. The Labute approximate surface area is 128 Å². The maximum atomic E-state index is 10.4. The molecule has 1 heterocycles. The lowest BCUT2D eigenvalue weighted by molar-refractivity contribution is 0.275. The monoisotopic (exact) mass is 297 g/mol. The molecule has 0 unspecified atom stereocenters. The summed E-state index contributed by atoms with van der Waals surface area (Å²) in [5.41, 5.74) is 3.36. The molecule has 0 saturated heterocycles. The van der Waals surface area contributed by atoms with E-state index in [9.17, 15) is 10.2 Å². The standard InChI is InChI=1S/C17H19N3O2/c1-17(2,3)12-8-11(10-21)16(22)15(9-12)20-18-13-6-4-5-7-14(13)19-20/h4-9,21-22H,10H2,1-3H3. The van der Waals surface area contributed by atoms with E-state index in [1.807, 2.05) is 36.4 Å². The van der Waals surface area contributed by atoms with Crippen LogP contribution in [0.3, 0.4) is 0 Å². The van der Waals surface area contributed by atoms with Gasteiger partial charge in [0.2, 0.25) is 0 Å². The van der Waals surface area contributed by atoms with Gasteiger partial charge in [0.25, 0.3) is 0 Å². The molecule has 0 aliphatic heterocycles. The van der Waals surface area contributed by atoms with Crippen LogP contribution in [0.5, 0.6) is 5.75 Å². The topological polar surface area (TPSA) is 71.2 Å². The van der Waals surface area contributed by atoms with Crippen LogP contribution in [0, 0.1) is 0 Å². The van der Waals surface area contributed by atoms with Crippen LogP contribution in [0.2, 0.25) is 0 Å². The van der Waals surface area contributed by atoms with Gasteiger partial charge in [-0.25, -0.2) is 0 Å². The minimum absolute atomic E-state index is 0.0100. The van der Waals surface area contributed by atoms with E-state index in [-0.39, 0.29) is 17.8 Å². The molecule has 22 heavy (non-hydrogen) atoms. The number of phenols is 1. The lowest BCUT2D eigenvalue weighted by atomic mass is 9.85. The average molecular weight is 297 g/mol. The zero-order chi connectivity index (χ0) is 15.9. The Morgan fingerprint density at radius 1 is 1.05 bits per heavy atom. The first-order chi connectivity index (χ1) is 10.4. The molecule has 0 aliphatic carbocycles. The van der Waals surface area contributed by atoms with E-state index in [0.29, 0.717) is 11.3 Å². The van der Waals surface area contributed by atoms with Gasteiger partial charge in [-0.05, 0) is 35.2 Å². The maximum Gasteiger partial charge on any atom is 0.148 e. The number of fused-ring (bicyclic) bond motifs is 1. The summed E-state index contributed by atoms with van der Waals surface area (Å²) in [7, 11) is 0. The third kappa shape index (κ3) is 2.44. The number of aromatic nitrogens is 3. The van der Waals surface area contributed by atoms with Gasteiger partial charge in [0.15, 0.2) is 0 Å². The van der Waals surface area contributed by atoms with Gasteiger partial charge in [-0.3, -0.25) is 0 Å². The normalized spacial score (nSPS) is 12.0. The van der Waals surface area contributed by atoms with Gasteiger partial charge >= 0.3 is 0 Å². The molecule has 0 saturated carbocycles. The van der Waals surface area contributed by atoms with Crippen LogP contribution in [0.4, 0.5) is 0 Å². The zero-order valence-corrected chi connectivity index (χ0v) is 12.9. The van der Waals surface area contributed by atoms with Gasteiger partial charge < -0.3 is 10.2 Å². The summed E-state index contributed by atoms with van der Waals surface area (Å²) in [4.78, 5) is 1.42. The van der Waals surface area contributed by atoms with Crippen LogP contribution < -0.4 is 0 Å². The van der Waals surface area contributed by atoms with Gasteiger partial charge in [-0.2, -0.15) is 0 Å². The predicted octanol–water partition coefficient (Wildman–Crippen LogP) is 2.92. The van der Waals surface area contributed by atoms with Crippen LogP contribution in [0.15, 0.2) is 36.4 Å². The Balaban J connectivity index is 2.24. The molecule has 5 nitrogen and oxygen atoms in total. The first kappa shape index (κ1) is 14.5. The SMILES string of the molecule is CC(C)(C)c1cc(CO)c(O)c(-n2nc3ccccc3n2)c1. The highest BCUT2D eigenvalue weighted by atomic mass is 16.3. The molecular formula is C17H19N3O2. The number of nitrogens with zero attached hydrogens (tertiary/aromatic N) is 3. The Morgan fingerprint density at radius 3 is 2.14 bits per heavy atom. The fourth-order valence-electron chi connectivity index (χ4n) is 2.35. The van der Waals surface area contributed by atoms with E-state index >= 15 is 0 Å². The molecule has 114 valence electrons. The third-order valence-corrected chi connectivity index (χ3v) is 3.71. The minimum atomic E-state index is -0.233. The summed E-state index contributed by atoms with van der Waals surface area (Å²) in [6.07, 6.45) is 0. The van der Waals surface area contributed by atoms with E-state index in [1.165, 1.54) is 4.80 Å². The molecule has 0 radical (unpaired) electrons. The first-order valence-corrected chi connectivity index (χ1v) is 7.20. The van der Waals surface area contributed by atoms with Crippen molar-refractivity contribution in [3.05, 3.63) is 47.5 Å². The predicted molar refractivity (Wildman–Crippen MR) is 85.2 cm³/mol. The smallest absolute Gasteiger partial charge is 0.148 e. The Bertz CT molecular complexity index is 799. The summed E-state index contributed by atoms with van der Waals surface area (Å²) >= 11 is 0. The molecule has 5 heteroatoms. The fourth-order valence-corrected chi connectivity index (χ4v) is 2.35. The van der Waals surface area contributed by atoms with Crippen LogP contribution >= 0.6 is 0 Å². The molecule has 2 N–H and O–H groups in total. The highest BCUT2D eigenvalue weighted by molar-refractivity contribution is 5.73. The van der Waals surface area contributed by atoms with Crippen molar-refractivity contribution >= 4 is 11.0 Å². The molecule has 0 fully saturated rings. The number of rotatable bonds is 2. The molecular weight excluding hydrogens is 278 g/mol. The van der Waals surface area contributed by atoms with Gasteiger partial charge in [-0.1, -0.05) is 32.9 Å². The van der Waals surface area contributed by atoms with Gasteiger partial charge in [-0.15, -0.1) is 15.0 Å². The zero-order valence-electron chi connectivity index (χ0n) is 12.9. The van der Waals surface area contributed by atoms with Crippen molar-refractivity contribution in [2.24, 2.45) is 0 Å². The molecule has 3 aromatic rings. The number of aliphatic hydroxyl groups is 1. The second kappa shape index (κ2) is 5.10. The minimum Gasteiger partial charge on any atom is -0.505 e. The Morgan fingerprint density at radius 2 is 1.64 bits per heavy atom. The second-order valence-corrected chi connectivity index (χ2v) is 6.39. The van der Waals surface area contributed by atoms with Crippen LogP contribution in [-0.4, -0.2) is 25.2 Å². The average Bonchev–Trinajstić information content (AvgIpc) is 2.89. The lowest BCUT2D eigenvalue weighted by Gasteiger charge is -2.21. The number of hydrogen-bond acceptors (Lipinski definition) is 4. The van der Waals surface area contributed by atoms with Crippen molar-refractivity contribution in [2.75, 3.05) is 0 Å². The van der Waals surface area contributed by atoms with E-state index in [2.05, 4.69) is 31.0 Å². The summed E-state index contributed by atoms with van der Waals surface area (Å²) in [6, 6.07) is 11.2. The Hall–Kier alpha value is -2.40. The van der Waals surface area contributed by atoms with E-state index in [1.54, 1.807) is 0 Å². The lowest BCUT2D eigenvalue weighted by Crippen LogP contribution is -2.13.